The zero-order valence-electron chi connectivity index (χ0n) is 38.7. The zero-order chi connectivity index (χ0) is 39.4. The Labute approximate surface area is 349 Å². The molecule has 1 rings (SSSR count). The summed E-state index contributed by atoms with van der Waals surface area (Å²) in [6, 6.07) is 2.52. The van der Waals surface area contributed by atoms with Gasteiger partial charge in [-0.05, 0) is 37.7 Å². The molecule has 0 unspecified atom stereocenters. The summed E-state index contributed by atoms with van der Waals surface area (Å²) in [7, 11) is 0. The monoisotopic (exact) mass is 767 g/mol. The summed E-state index contributed by atoms with van der Waals surface area (Å²) in [5.41, 5.74) is 3.34. The van der Waals surface area contributed by atoms with Crippen LogP contribution >= 0.6 is 0 Å². The number of aromatic nitrogens is 1. The summed E-state index contributed by atoms with van der Waals surface area (Å²) >= 11 is 0. The van der Waals surface area contributed by atoms with Crippen molar-refractivity contribution >= 4 is 0 Å². The Kier molecular flexibility index (Phi) is 42.0. The summed E-state index contributed by atoms with van der Waals surface area (Å²) in [5, 5.41) is 0. The van der Waals surface area contributed by atoms with Crippen LogP contribution in [-0.2, 0) is 19.4 Å². The molecule has 0 atom stereocenters. The molecule has 0 fully saturated rings. The first-order valence-corrected chi connectivity index (χ1v) is 26.3. The SMILES string of the molecule is CCCCCCCCCCCCCCCCCCC[n+]1ccc(CCCCCCCCCCCCCCC)c(CCCCCCCCCCCCCCC)c1. The molecule has 0 bridgehead atoms. The quantitative estimate of drug-likeness (QED) is 0.0460. The van der Waals surface area contributed by atoms with Crippen molar-refractivity contribution in [3.05, 3.63) is 29.6 Å². The van der Waals surface area contributed by atoms with Crippen molar-refractivity contribution in [2.24, 2.45) is 0 Å². The Balaban J connectivity index is 2.26. The number of unbranched alkanes of at least 4 members (excludes halogenated alkanes) is 40. The molecular formula is C54H104N+. The third kappa shape index (κ3) is 37.2. The van der Waals surface area contributed by atoms with E-state index in [0.29, 0.717) is 0 Å². The predicted molar refractivity (Wildman–Crippen MR) is 250 cm³/mol. The minimum absolute atomic E-state index is 1.21. The van der Waals surface area contributed by atoms with Crippen LogP contribution in [0.15, 0.2) is 18.5 Å². The molecule has 1 aromatic rings. The van der Waals surface area contributed by atoms with E-state index in [1.165, 1.54) is 295 Å². The van der Waals surface area contributed by atoms with Crippen LogP contribution in [0.25, 0.3) is 0 Å². The lowest BCUT2D eigenvalue weighted by Crippen LogP contribution is -2.34. The highest BCUT2D eigenvalue weighted by Gasteiger charge is 2.10. The average molecular weight is 767 g/mol. The zero-order valence-corrected chi connectivity index (χ0v) is 38.7. The summed E-state index contributed by atoms with van der Waals surface area (Å²) in [5.74, 6) is 0. The normalized spacial score (nSPS) is 11.6. The molecule has 0 saturated carbocycles. The first-order chi connectivity index (χ1) is 27.3. The largest absolute Gasteiger partial charge is 0.205 e. The van der Waals surface area contributed by atoms with E-state index < -0.39 is 0 Å². The lowest BCUT2D eigenvalue weighted by atomic mass is 9.97. The molecular weight excluding hydrogens is 663 g/mol. The highest BCUT2D eigenvalue weighted by Crippen LogP contribution is 2.19. The highest BCUT2D eigenvalue weighted by molar-refractivity contribution is 5.21. The molecule has 0 aliphatic carbocycles. The van der Waals surface area contributed by atoms with Gasteiger partial charge in [0.15, 0.2) is 12.4 Å². The standard InChI is InChI=1S/C54H104N/c1-4-7-10-13-16-19-22-25-26-27-28-31-34-37-40-43-46-50-55-51-49-53(47-44-41-38-35-32-29-23-20-17-14-11-8-5-2)54(52-55)48-45-42-39-36-33-30-24-21-18-15-12-9-6-3/h49,51-52H,4-48,50H2,1-3H3/q+1. The molecule has 0 aliphatic heterocycles. The van der Waals surface area contributed by atoms with Gasteiger partial charge in [0.1, 0.15) is 6.54 Å². The number of hydrogen-bond acceptors (Lipinski definition) is 0. The van der Waals surface area contributed by atoms with E-state index in [2.05, 4.69) is 43.8 Å². The Hall–Kier alpha value is -0.850. The fourth-order valence-corrected chi connectivity index (χ4v) is 8.91. The second-order valence-electron chi connectivity index (χ2n) is 18.4. The maximum atomic E-state index is 2.57. The molecule has 324 valence electrons. The lowest BCUT2D eigenvalue weighted by molar-refractivity contribution is -0.697. The molecule has 55 heavy (non-hydrogen) atoms. The molecule has 1 aromatic heterocycles. The first kappa shape index (κ1) is 52.2. The van der Waals surface area contributed by atoms with Gasteiger partial charge in [0, 0.05) is 18.1 Å². The molecule has 1 nitrogen and oxygen atoms in total. The van der Waals surface area contributed by atoms with Crippen LogP contribution in [-0.4, -0.2) is 0 Å². The van der Waals surface area contributed by atoms with Gasteiger partial charge in [0.25, 0.3) is 0 Å². The second kappa shape index (κ2) is 44.3. The van der Waals surface area contributed by atoms with E-state index in [1.54, 1.807) is 11.1 Å². The Morgan fingerprint density at radius 1 is 0.273 bits per heavy atom. The molecule has 0 radical (unpaired) electrons. The van der Waals surface area contributed by atoms with E-state index in [0.717, 1.165) is 0 Å². The van der Waals surface area contributed by atoms with Crippen molar-refractivity contribution in [3.8, 4) is 0 Å². The van der Waals surface area contributed by atoms with Gasteiger partial charge in [-0.25, -0.2) is 4.57 Å². The van der Waals surface area contributed by atoms with E-state index in [4.69, 9.17) is 0 Å². The van der Waals surface area contributed by atoms with Gasteiger partial charge in [-0.2, -0.15) is 0 Å². The summed E-state index contributed by atoms with van der Waals surface area (Å²) in [6.07, 6.45) is 69.8. The van der Waals surface area contributed by atoms with Gasteiger partial charge in [-0.1, -0.05) is 271 Å². The van der Waals surface area contributed by atoms with E-state index >= 15 is 0 Å². The number of aryl methyl sites for hydroxylation is 3. The third-order valence-corrected chi connectivity index (χ3v) is 12.8. The summed E-state index contributed by atoms with van der Waals surface area (Å²) < 4.78 is 2.55. The lowest BCUT2D eigenvalue weighted by Gasteiger charge is -2.10. The van der Waals surface area contributed by atoms with Crippen molar-refractivity contribution < 1.29 is 4.57 Å². The Morgan fingerprint density at radius 3 is 0.800 bits per heavy atom. The van der Waals surface area contributed by atoms with Crippen LogP contribution < -0.4 is 4.57 Å². The maximum absolute atomic E-state index is 2.57. The first-order valence-electron chi connectivity index (χ1n) is 26.3. The molecule has 0 saturated heterocycles. The molecule has 1 heteroatoms. The van der Waals surface area contributed by atoms with Crippen molar-refractivity contribution in [2.75, 3.05) is 0 Å². The molecule has 0 aliphatic rings. The van der Waals surface area contributed by atoms with Crippen molar-refractivity contribution in [2.45, 2.75) is 316 Å². The van der Waals surface area contributed by atoms with Gasteiger partial charge in [-0.15, -0.1) is 0 Å². The Morgan fingerprint density at radius 2 is 0.509 bits per heavy atom. The fourth-order valence-electron chi connectivity index (χ4n) is 8.91. The maximum Gasteiger partial charge on any atom is 0.172 e. The van der Waals surface area contributed by atoms with Gasteiger partial charge in [-0.3, -0.25) is 0 Å². The average Bonchev–Trinajstić information content (AvgIpc) is 3.20. The van der Waals surface area contributed by atoms with Gasteiger partial charge >= 0.3 is 0 Å². The molecule has 1 heterocycles. The summed E-state index contributed by atoms with van der Waals surface area (Å²) in [4.78, 5) is 0. The van der Waals surface area contributed by atoms with E-state index in [9.17, 15) is 0 Å². The van der Waals surface area contributed by atoms with Crippen LogP contribution in [0.2, 0.25) is 0 Å². The van der Waals surface area contributed by atoms with Crippen LogP contribution in [0.5, 0.6) is 0 Å². The topological polar surface area (TPSA) is 3.88 Å². The van der Waals surface area contributed by atoms with Crippen LogP contribution in [0.3, 0.4) is 0 Å². The molecule has 0 aromatic carbocycles. The predicted octanol–water partition coefficient (Wildman–Crippen LogP) is 18.9. The van der Waals surface area contributed by atoms with E-state index in [-0.39, 0.29) is 0 Å². The Bertz CT molecular complexity index is 859. The van der Waals surface area contributed by atoms with Gasteiger partial charge < -0.3 is 0 Å². The van der Waals surface area contributed by atoms with Crippen molar-refractivity contribution in [3.63, 3.8) is 0 Å². The number of pyridine rings is 1. The number of nitrogens with zero attached hydrogens (tertiary/aromatic N) is 1. The third-order valence-electron chi connectivity index (χ3n) is 12.8. The fraction of sp³-hybridized carbons (Fsp3) is 0.907. The molecule has 0 amide bonds. The minimum Gasteiger partial charge on any atom is -0.205 e. The number of rotatable bonds is 46. The van der Waals surface area contributed by atoms with Crippen LogP contribution in [0, 0.1) is 0 Å². The van der Waals surface area contributed by atoms with Gasteiger partial charge in [0.05, 0.1) is 0 Å². The molecule has 0 N–H and O–H groups in total. The van der Waals surface area contributed by atoms with Crippen LogP contribution in [0.4, 0.5) is 0 Å². The van der Waals surface area contributed by atoms with Crippen molar-refractivity contribution in [1.82, 2.24) is 0 Å². The van der Waals surface area contributed by atoms with E-state index in [1.807, 2.05) is 0 Å². The summed E-state index contributed by atoms with van der Waals surface area (Å²) in [6.45, 7) is 8.16. The highest BCUT2D eigenvalue weighted by atomic mass is 14.9. The smallest absolute Gasteiger partial charge is 0.172 e. The van der Waals surface area contributed by atoms with Gasteiger partial charge in [0.2, 0.25) is 0 Å². The minimum atomic E-state index is 1.21. The van der Waals surface area contributed by atoms with Crippen molar-refractivity contribution in [1.29, 1.82) is 0 Å². The second-order valence-corrected chi connectivity index (χ2v) is 18.4. The van der Waals surface area contributed by atoms with Crippen LogP contribution in [0.1, 0.15) is 308 Å². The molecule has 0 spiro atoms. The number of hydrogen-bond donors (Lipinski definition) is 0.